The van der Waals surface area contributed by atoms with Gasteiger partial charge in [-0.2, -0.15) is 4.99 Å². The third-order valence-corrected chi connectivity index (χ3v) is 4.29. The zero-order valence-electron chi connectivity index (χ0n) is 9.59. The van der Waals surface area contributed by atoms with Crippen molar-refractivity contribution in [1.82, 2.24) is 0 Å². The van der Waals surface area contributed by atoms with Gasteiger partial charge in [0.1, 0.15) is 11.4 Å². The lowest BCUT2D eigenvalue weighted by molar-refractivity contribution is 0.430. The van der Waals surface area contributed by atoms with Gasteiger partial charge in [0.2, 0.25) is 6.08 Å². The van der Waals surface area contributed by atoms with E-state index in [1.807, 2.05) is 6.92 Å². The fourth-order valence-corrected chi connectivity index (χ4v) is 2.83. The van der Waals surface area contributed by atoms with Gasteiger partial charge in [0.05, 0.1) is 0 Å². The second-order valence-electron chi connectivity index (χ2n) is 4.52. The van der Waals surface area contributed by atoms with Gasteiger partial charge < -0.3 is 0 Å². The fraction of sp³-hybridized carbons (Fsp3) is 0.462. The maximum absolute atomic E-state index is 14.0. The van der Waals surface area contributed by atoms with Crippen molar-refractivity contribution in [2.45, 2.75) is 38.1 Å². The van der Waals surface area contributed by atoms with Gasteiger partial charge >= 0.3 is 0 Å². The first-order chi connectivity index (χ1) is 8.09. The van der Waals surface area contributed by atoms with E-state index in [1.54, 1.807) is 12.1 Å². The molecule has 0 spiro atoms. The van der Waals surface area contributed by atoms with Crippen molar-refractivity contribution in [3.8, 4) is 0 Å². The van der Waals surface area contributed by atoms with E-state index in [4.69, 9.17) is 0 Å². The minimum Gasteiger partial charge on any atom is -0.211 e. The summed E-state index contributed by atoms with van der Waals surface area (Å²) in [5, 5.41) is 0. The third kappa shape index (κ3) is 2.20. The summed E-state index contributed by atoms with van der Waals surface area (Å²) in [7, 11) is 0. The van der Waals surface area contributed by atoms with Crippen LogP contribution < -0.4 is 0 Å². The van der Waals surface area contributed by atoms with Crippen molar-refractivity contribution in [3.05, 3.63) is 33.5 Å². The molecule has 0 atom stereocenters. The zero-order valence-corrected chi connectivity index (χ0v) is 11.2. The van der Waals surface area contributed by atoms with Crippen molar-refractivity contribution in [3.63, 3.8) is 0 Å². The van der Waals surface area contributed by atoms with E-state index in [9.17, 15) is 9.18 Å². The lowest BCUT2D eigenvalue weighted by Gasteiger charge is -2.24. The van der Waals surface area contributed by atoms with Gasteiger partial charge in [0, 0.05) is 10.0 Å². The van der Waals surface area contributed by atoms with Crippen molar-refractivity contribution >= 4 is 22.0 Å². The first-order valence-corrected chi connectivity index (χ1v) is 6.43. The molecule has 2 rings (SSSR count). The number of halogens is 2. The summed E-state index contributed by atoms with van der Waals surface area (Å²) in [6.07, 6.45) is 4.97. The molecule has 0 heterocycles. The number of hydrogen-bond acceptors (Lipinski definition) is 2. The van der Waals surface area contributed by atoms with Crippen LogP contribution >= 0.6 is 15.9 Å². The normalized spacial score (nSPS) is 17.8. The number of carbonyl (C=O) groups excluding carboxylic acids is 1. The van der Waals surface area contributed by atoms with Crippen molar-refractivity contribution < 1.29 is 9.18 Å². The van der Waals surface area contributed by atoms with Gasteiger partial charge in [-0.05, 0) is 37.5 Å². The maximum Gasteiger partial charge on any atom is 0.235 e. The lowest BCUT2D eigenvalue weighted by atomic mass is 9.88. The number of rotatable bonds is 2. The highest BCUT2D eigenvalue weighted by Crippen LogP contribution is 2.44. The molecule has 0 unspecified atom stereocenters. The number of hydrogen-bond donors (Lipinski definition) is 0. The van der Waals surface area contributed by atoms with Gasteiger partial charge in [-0.3, -0.25) is 0 Å². The molecular weight excluding hydrogens is 285 g/mol. The summed E-state index contributed by atoms with van der Waals surface area (Å²) < 4.78 is 14.9. The van der Waals surface area contributed by atoms with Crippen LogP contribution in [0.3, 0.4) is 0 Å². The molecule has 4 heteroatoms. The van der Waals surface area contributed by atoms with Gasteiger partial charge in [0.25, 0.3) is 0 Å². The van der Waals surface area contributed by atoms with Crippen molar-refractivity contribution in [2.24, 2.45) is 4.99 Å². The molecule has 0 aliphatic heterocycles. The van der Waals surface area contributed by atoms with E-state index in [2.05, 4.69) is 20.9 Å². The standard InChI is InChI=1S/C13H13BrFNO/c1-9-6-12(15)10(7-11(9)14)13(16-8-17)4-2-3-5-13/h6-7H,2-5H2,1H3. The van der Waals surface area contributed by atoms with E-state index in [-0.39, 0.29) is 5.82 Å². The van der Waals surface area contributed by atoms with E-state index in [1.165, 1.54) is 6.07 Å². The Labute approximate surface area is 108 Å². The third-order valence-electron chi connectivity index (χ3n) is 3.44. The van der Waals surface area contributed by atoms with Crippen LogP contribution in [0, 0.1) is 12.7 Å². The predicted octanol–water partition coefficient (Wildman–Crippen LogP) is 4.00. The van der Waals surface area contributed by atoms with Crippen LogP contribution in [0.5, 0.6) is 0 Å². The highest BCUT2D eigenvalue weighted by molar-refractivity contribution is 9.10. The van der Waals surface area contributed by atoms with Crippen LogP contribution in [0.2, 0.25) is 0 Å². The van der Waals surface area contributed by atoms with Crippen LogP contribution in [0.25, 0.3) is 0 Å². The smallest absolute Gasteiger partial charge is 0.211 e. The first kappa shape index (κ1) is 12.5. The topological polar surface area (TPSA) is 29.4 Å². The summed E-state index contributed by atoms with van der Waals surface area (Å²) in [6.45, 7) is 1.83. The Morgan fingerprint density at radius 1 is 1.41 bits per heavy atom. The van der Waals surface area contributed by atoms with Crippen LogP contribution in [-0.2, 0) is 10.3 Å². The molecule has 0 aromatic heterocycles. The SMILES string of the molecule is Cc1cc(F)c(C2(N=C=O)CCCC2)cc1Br. The predicted molar refractivity (Wildman–Crippen MR) is 67.1 cm³/mol. The minimum atomic E-state index is -0.692. The van der Waals surface area contributed by atoms with Crippen LogP contribution in [0.4, 0.5) is 4.39 Å². The number of aryl methyl sites for hydroxylation is 1. The number of aliphatic imine (C=N–C) groups is 1. The van der Waals surface area contributed by atoms with E-state index < -0.39 is 5.54 Å². The molecule has 1 aromatic rings. The largest absolute Gasteiger partial charge is 0.235 e. The minimum absolute atomic E-state index is 0.286. The molecule has 0 saturated heterocycles. The molecule has 1 aliphatic carbocycles. The van der Waals surface area contributed by atoms with E-state index in [0.29, 0.717) is 18.4 Å². The second-order valence-corrected chi connectivity index (χ2v) is 5.38. The summed E-state index contributed by atoms with van der Waals surface area (Å²) in [5.74, 6) is -0.286. The Hall–Kier alpha value is -0.990. The Morgan fingerprint density at radius 3 is 2.65 bits per heavy atom. The van der Waals surface area contributed by atoms with Crippen LogP contribution in [0.15, 0.2) is 21.6 Å². The Bertz CT molecular complexity index is 488. The Balaban J connectivity index is 2.57. The molecule has 0 bridgehead atoms. The van der Waals surface area contributed by atoms with Crippen molar-refractivity contribution in [1.29, 1.82) is 0 Å². The monoisotopic (exact) mass is 297 g/mol. The summed E-state index contributed by atoms with van der Waals surface area (Å²) in [6, 6.07) is 3.23. The lowest BCUT2D eigenvalue weighted by Crippen LogP contribution is -2.21. The fourth-order valence-electron chi connectivity index (χ4n) is 2.49. The van der Waals surface area contributed by atoms with Gasteiger partial charge in [0.15, 0.2) is 0 Å². The van der Waals surface area contributed by atoms with Crippen molar-refractivity contribution in [2.75, 3.05) is 0 Å². The molecule has 17 heavy (non-hydrogen) atoms. The second kappa shape index (κ2) is 4.71. The molecule has 1 fully saturated rings. The van der Waals surface area contributed by atoms with E-state index >= 15 is 0 Å². The molecule has 1 aromatic carbocycles. The molecular formula is C13H13BrFNO. The molecule has 90 valence electrons. The number of isocyanates is 1. The van der Waals surface area contributed by atoms with Gasteiger partial charge in [-0.15, -0.1) is 0 Å². The molecule has 1 saturated carbocycles. The molecule has 0 amide bonds. The van der Waals surface area contributed by atoms with E-state index in [0.717, 1.165) is 22.9 Å². The zero-order chi connectivity index (χ0) is 12.5. The molecule has 1 aliphatic rings. The first-order valence-electron chi connectivity index (χ1n) is 5.64. The summed E-state index contributed by atoms with van der Waals surface area (Å²) in [4.78, 5) is 14.5. The molecule has 2 nitrogen and oxygen atoms in total. The summed E-state index contributed by atoms with van der Waals surface area (Å²) in [5.41, 5.74) is 0.660. The average molecular weight is 298 g/mol. The van der Waals surface area contributed by atoms with Crippen LogP contribution in [-0.4, -0.2) is 6.08 Å². The number of nitrogens with zero attached hydrogens (tertiary/aromatic N) is 1. The Morgan fingerprint density at radius 2 is 2.06 bits per heavy atom. The van der Waals surface area contributed by atoms with Gasteiger partial charge in [-0.25, -0.2) is 9.18 Å². The maximum atomic E-state index is 14.0. The Kier molecular flexibility index (Phi) is 3.45. The highest BCUT2D eigenvalue weighted by Gasteiger charge is 2.38. The molecule has 0 N–H and O–H groups in total. The number of benzene rings is 1. The highest BCUT2D eigenvalue weighted by atomic mass is 79.9. The van der Waals surface area contributed by atoms with Crippen LogP contribution in [0.1, 0.15) is 36.8 Å². The molecule has 0 radical (unpaired) electrons. The summed E-state index contributed by atoms with van der Waals surface area (Å²) >= 11 is 3.40. The average Bonchev–Trinajstić information content (AvgIpc) is 2.73. The van der Waals surface area contributed by atoms with Gasteiger partial charge in [-0.1, -0.05) is 28.8 Å². The quantitative estimate of drug-likeness (QED) is 0.599.